The molecule has 0 aromatic carbocycles. The van der Waals surface area contributed by atoms with Crippen LogP contribution in [0.1, 0.15) is 46.1 Å². The van der Waals surface area contributed by atoms with Crippen LogP contribution in [-0.4, -0.2) is 17.5 Å². The molecule has 2 radical (unpaired) electrons. The van der Waals surface area contributed by atoms with Crippen molar-refractivity contribution >= 4 is 24.1 Å². The Bertz CT molecular complexity index is 605. The quantitative estimate of drug-likeness (QED) is 0.661. The average Bonchev–Trinajstić information content (AvgIpc) is 2.99. The number of aromatic amines is 1. The second-order valence-corrected chi connectivity index (χ2v) is 4.54. The Morgan fingerprint density at radius 2 is 2.05 bits per heavy atom. The van der Waals surface area contributed by atoms with E-state index in [1.54, 1.807) is 13.7 Å². The molecule has 1 aliphatic rings. The van der Waals surface area contributed by atoms with Gasteiger partial charge in [-0.2, -0.15) is 0 Å². The maximum atomic E-state index is 5.54. The third-order valence-corrected chi connectivity index (χ3v) is 3.62. The first-order valence-electron chi connectivity index (χ1n) is 7.43. The number of fused-ring (bicyclic) bond motifs is 3. The molecule has 1 aliphatic heterocycles. The van der Waals surface area contributed by atoms with Crippen LogP contribution in [0.3, 0.4) is 0 Å². The molecule has 21 heavy (non-hydrogen) atoms. The molecule has 5 heteroatoms. The van der Waals surface area contributed by atoms with E-state index >= 15 is 0 Å². The third kappa shape index (κ3) is 3.60. The summed E-state index contributed by atoms with van der Waals surface area (Å²) >= 11 is 0. The Kier molecular flexibility index (Phi) is 7.68. The second kappa shape index (κ2) is 8.75. The number of nitrogens with zero attached hydrogens (tertiary/aromatic N) is 1. The van der Waals surface area contributed by atoms with Crippen LogP contribution in [0.2, 0.25) is 0 Å². The number of aromatic nitrogens is 2. The van der Waals surface area contributed by atoms with Crippen molar-refractivity contribution in [1.82, 2.24) is 9.97 Å². The molecule has 0 saturated heterocycles. The Morgan fingerprint density at radius 3 is 2.71 bits per heavy atom. The van der Waals surface area contributed by atoms with E-state index in [9.17, 15) is 0 Å². The van der Waals surface area contributed by atoms with Gasteiger partial charge in [0, 0.05) is 44.7 Å². The zero-order valence-corrected chi connectivity index (χ0v) is 16.1. The predicted octanol–water partition coefficient (Wildman–Crippen LogP) is 4.18. The van der Waals surface area contributed by atoms with E-state index in [2.05, 4.69) is 35.9 Å². The van der Waals surface area contributed by atoms with Crippen molar-refractivity contribution in [3.05, 3.63) is 30.0 Å². The number of nitrogens with one attached hydrogen (secondary N) is 1. The van der Waals surface area contributed by atoms with Crippen LogP contribution < -0.4 is 4.65 Å². The first kappa shape index (κ1) is 18.4. The van der Waals surface area contributed by atoms with Crippen molar-refractivity contribution < 1.29 is 37.4 Å². The first-order valence-corrected chi connectivity index (χ1v) is 7.43. The van der Waals surface area contributed by atoms with Gasteiger partial charge in [0.2, 0.25) is 0 Å². The van der Waals surface area contributed by atoms with E-state index in [-0.39, 0.29) is 32.7 Å². The topological polar surface area (TPSA) is 37.9 Å². The van der Waals surface area contributed by atoms with Crippen molar-refractivity contribution in [2.75, 3.05) is 0 Å². The summed E-state index contributed by atoms with van der Waals surface area (Å²) in [5, 5.41) is 1.12. The van der Waals surface area contributed by atoms with Crippen LogP contribution >= 0.6 is 0 Å². The monoisotopic (exact) mass is 357 g/mol. The van der Waals surface area contributed by atoms with E-state index < -0.39 is 0 Å². The molecular weight excluding hydrogens is 336 g/mol. The summed E-state index contributed by atoms with van der Waals surface area (Å²) in [6.45, 7) is 8.43. The summed E-state index contributed by atoms with van der Waals surface area (Å²) in [7, 11) is 1.65. The van der Waals surface area contributed by atoms with Gasteiger partial charge in [-0.15, -0.1) is 5.56 Å². The van der Waals surface area contributed by atoms with Crippen molar-refractivity contribution in [3.8, 4) is 5.75 Å². The summed E-state index contributed by atoms with van der Waals surface area (Å²) in [4.78, 5) is 7.51. The molecule has 0 amide bonds. The minimum absolute atomic E-state index is 0. The molecule has 2 aromatic rings. The summed E-state index contributed by atoms with van der Waals surface area (Å²) in [6, 6.07) is 2.06. The van der Waals surface area contributed by atoms with Crippen LogP contribution in [0, 0.1) is 11.9 Å². The van der Waals surface area contributed by atoms with Gasteiger partial charge in [0.1, 0.15) is 5.65 Å². The standard InChI is InChI=1S/C14H15BN2O.C2H6.Y/c1-3-9(4-2)11-7-15-18-12-8-17-14-10(13(11)12)5-6-16-14;1-2;/h5-6,8-9H,3-4H2,1-2H3,(H,16,17);1-2H3;/q-1;;. The van der Waals surface area contributed by atoms with Gasteiger partial charge in [0.05, 0.1) is 6.20 Å². The molecule has 0 bridgehead atoms. The molecule has 3 heterocycles. The van der Waals surface area contributed by atoms with Gasteiger partial charge in [-0.3, -0.25) is 5.98 Å². The average molecular weight is 357 g/mol. The molecule has 0 spiro atoms. The maximum absolute atomic E-state index is 5.54. The van der Waals surface area contributed by atoms with E-state index in [0.717, 1.165) is 35.2 Å². The van der Waals surface area contributed by atoms with Gasteiger partial charge < -0.3 is 9.64 Å². The van der Waals surface area contributed by atoms with Crippen molar-refractivity contribution in [2.45, 2.75) is 40.5 Å². The SMILES string of the molecule is CC.CCC(CC)C1=[C-][B]Oc2cnc3[nH]ccc3c21.[Y]. The van der Waals surface area contributed by atoms with Gasteiger partial charge in [0.25, 0.3) is 7.48 Å². The van der Waals surface area contributed by atoms with Crippen LogP contribution in [0.4, 0.5) is 0 Å². The first-order chi connectivity index (χ1) is 9.85. The fourth-order valence-corrected chi connectivity index (χ4v) is 2.60. The fraction of sp³-hybridized carbons (Fsp3) is 0.438. The molecule has 0 saturated carbocycles. The Morgan fingerprint density at radius 1 is 1.33 bits per heavy atom. The van der Waals surface area contributed by atoms with E-state index in [4.69, 9.17) is 4.65 Å². The van der Waals surface area contributed by atoms with Crippen molar-refractivity contribution in [3.63, 3.8) is 0 Å². The minimum atomic E-state index is 0. The molecule has 0 atom stereocenters. The maximum Gasteiger partial charge on any atom is 0.274 e. The molecule has 3 rings (SSSR count). The number of pyridine rings is 1. The van der Waals surface area contributed by atoms with E-state index in [0.29, 0.717) is 5.92 Å². The predicted molar refractivity (Wildman–Crippen MR) is 84.5 cm³/mol. The summed E-state index contributed by atoms with van der Waals surface area (Å²) in [5.41, 5.74) is 3.30. The van der Waals surface area contributed by atoms with Crippen LogP contribution in [0.5, 0.6) is 5.75 Å². The molecule has 0 unspecified atom stereocenters. The Labute approximate surface area is 153 Å². The normalized spacial score (nSPS) is 12.3. The zero-order valence-electron chi connectivity index (χ0n) is 13.2. The summed E-state index contributed by atoms with van der Waals surface area (Å²) < 4.78 is 5.54. The van der Waals surface area contributed by atoms with Gasteiger partial charge in [-0.1, -0.05) is 57.9 Å². The van der Waals surface area contributed by atoms with Gasteiger partial charge in [0.15, 0.2) is 0 Å². The smallest absolute Gasteiger partial charge is 0.274 e. The van der Waals surface area contributed by atoms with Crippen molar-refractivity contribution in [2.24, 2.45) is 5.92 Å². The fourth-order valence-electron chi connectivity index (χ4n) is 2.60. The number of hydrogen-bond donors (Lipinski definition) is 1. The molecular formula is C16H21BN2OY-. The van der Waals surface area contributed by atoms with Crippen LogP contribution in [0.15, 0.2) is 18.5 Å². The van der Waals surface area contributed by atoms with Crippen LogP contribution in [-0.2, 0) is 32.7 Å². The molecule has 108 valence electrons. The third-order valence-electron chi connectivity index (χ3n) is 3.62. The molecule has 1 N–H and O–H groups in total. The van der Waals surface area contributed by atoms with Crippen LogP contribution in [0.25, 0.3) is 16.6 Å². The largest absolute Gasteiger partial charge is 0.593 e. The number of hydrogen-bond acceptors (Lipinski definition) is 2. The number of H-pyrrole nitrogens is 1. The molecule has 2 aromatic heterocycles. The second-order valence-electron chi connectivity index (χ2n) is 4.54. The molecule has 0 fully saturated rings. The Balaban J connectivity index is 0.000000706. The number of allylic oxidation sites excluding steroid dienone is 1. The zero-order chi connectivity index (χ0) is 14.5. The van der Waals surface area contributed by atoms with Gasteiger partial charge >= 0.3 is 0 Å². The molecule has 3 nitrogen and oxygen atoms in total. The van der Waals surface area contributed by atoms with Gasteiger partial charge in [-0.05, 0) is 0 Å². The van der Waals surface area contributed by atoms with E-state index in [1.165, 1.54) is 5.57 Å². The number of rotatable bonds is 3. The van der Waals surface area contributed by atoms with Gasteiger partial charge in [-0.25, -0.2) is 10.6 Å². The molecule has 0 aliphatic carbocycles. The summed E-state index contributed by atoms with van der Waals surface area (Å²) in [6.07, 6.45) is 5.93. The van der Waals surface area contributed by atoms with Crippen molar-refractivity contribution in [1.29, 1.82) is 0 Å². The van der Waals surface area contributed by atoms with E-state index in [1.807, 2.05) is 20.0 Å². The minimum Gasteiger partial charge on any atom is -0.593 e. The Hall–Kier alpha value is -0.601. The summed E-state index contributed by atoms with van der Waals surface area (Å²) in [5.74, 6) is 4.64.